The van der Waals surface area contributed by atoms with Crippen LogP contribution in [0.5, 0.6) is 0 Å². The lowest BCUT2D eigenvalue weighted by atomic mass is 10.0. The van der Waals surface area contributed by atoms with Gasteiger partial charge in [-0.2, -0.15) is 0 Å². The Balaban J connectivity index is 1.35. The number of sulfone groups is 1. The van der Waals surface area contributed by atoms with Gasteiger partial charge in [-0.15, -0.1) is 0 Å². The van der Waals surface area contributed by atoms with E-state index in [2.05, 4.69) is 48.5 Å². The summed E-state index contributed by atoms with van der Waals surface area (Å²) in [6.07, 6.45) is 0. The fourth-order valence-corrected chi connectivity index (χ4v) is 7.24. The zero-order chi connectivity index (χ0) is 27.6. The summed E-state index contributed by atoms with van der Waals surface area (Å²) in [5.41, 5.74) is 3.84. The van der Waals surface area contributed by atoms with Crippen LogP contribution in [-0.2, 0) is 9.84 Å². The van der Waals surface area contributed by atoms with E-state index in [9.17, 15) is 8.42 Å². The standard InChI is InChI=1S/C35H21N3O2S/c39-41(40)31-12-6-5-11-29(31)30-21-28(17-18-32(30)41)35-37-33(26-15-13-22-7-1-3-9-24(22)19-26)36-34(38-35)27-16-14-23-8-2-4-10-25(23)20-27/h1-21H. The second kappa shape index (κ2) is 8.91. The van der Waals surface area contributed by atoms with Crippen molar-refractivity contribution in [3.63, 3.8) is 0 Å². The van der Waals surface area contributed by atoms with Crippen molar-refractivity contribution in [2.24, 2.45) is 0 Å². The topological polar surface area (TPSA) is 72.8 Å². The molecule has 7 aromatic rings. The molecule has 0 amide bonds. The highest BCUT2D eigenvalue weighted by Crippen LogP contribution is 2.44. The molecule has 0 atom stereocenters. The highest BCUT2D eigenvalue weighted by Gasteiger charge is 2.32. The second-order valence-corrected chi connectivity index (χ2v) is 12.0. The van der Waals surface area contributed by atoms with Gasteiger partial charge in [-0.1, -0.05) is 91.0 Å². The minimum absolute atomic E-state index is 0.306. The average Bonchev–Trinajstić information content (AvgIpc) is 3.26. The van der Waals surface area contributed by atoms with Crippen molar-refractivity contribution in [1.29, 1.82) is 0 Å². The molecule has 0 fully saturated rings. The molecule has 1 aliphatic heterocycles. The van der Waals surface area contributed by atoms with Crippen molar-refractivity contribution in [1.82, 2.24) is 15.0 Å². The summed E-state index contributed by atoms with van der Waals surface area (Å²) in [6.45, 7) is 0. The van der Waals surface area contributed by atoms with E-state index in [1.54, 1.807) is 24.3 Å². The van der Waals surface area contributed by atoms with Crippen LogP contribution in [0.2, 0.25) is 0 Å². The van der Waals surface area contributed by atoms with Crippen LogP contribution in [0.25, 0.3) is 66.8 Å². The number of nitrogens with zero attached hydrogens (tertiary/aromatic N) is 3. The Kier molecular flexibility index (Phi) is 5.14. The van der Waals surface area contributed by atoms with E-state index in [-0.39, 0.29) is 0 Å². The van der Waals surface area contributed by atoms with Crippen LogP contribution in [0, 0.1) is 0 Å². The minimum atomic E-state index is -3.56. The molecule has 6 heteroatoms. The predicted octanol–water partition coefficient (Wildman–Crippen LogP) is 7.99. The van der Waals surface area contributed by atoms with Crippen molar-refractivity contribution in [2.75, 3.05) is 0 Å². The SMILES string of the molecule is O=S1(=O)c2ccccc2-c2cc(-c3nc(-c4ccc5ccccc5c4)nc(-c4ccc5ccccc5c4)n3)ccc21. The summed E-state index contributed by atoms with van der Waals surface area (Å²) in [5, 5.41) is 4.47. The summed E-state index contributed by atoms with van der Waals surface area (Å²) in [7, 11) is -3.56. The summed E-state index contributed by atoms with van der Waals surface area (Å²) < 4.78 is 26.3. The van der Waals surface area contributed by atoms with Crippen LogP contribution in [0.3, 0.4) is 0 Å². The molecular formula is C35H21N3O2S. The van der Waals surface area contributed by atoms with Crippen LogP contribution in [-0.4, -0.2) is 23.4 Å². The Morgan fingerprint density at radius 2 is 0.829 bits per heavy atom. The first-order valence-electron chi connectivity index (χ1n) is 13.3. The number of hydrogen-bond donors (Lipinski definition) is 0. The van der Waals surface area contributed by atoms with Gasteiger partial charge in [0, 0.05) is 27.8 Å². The number of fused-ring (bicyclic) bond motifs is 5. The third-order valence-corrected chi connectivity index (χ3v) is 9.51. The summed E-state index contributed by atoms with van der Waals surface area (Å²) >= 11 is 0. The Labute approximate surface area is 236 Å². The van der Waals surface area contributed by atoms with Crippen molar-refractivity contribution < 1.29 is 8.42 Å². The smallest absolute Gasteiger partial charge is 0.207 e. The molecule has 6 aromatic carbocycles. The van der Waals surface area contributed by atoms with E-state index < -0.39 is 9.84 Å². The maximum absolute atomic E-state index is 13.2. The number of hydrogen-bond acceptors (Lipinski definition) is 5. The van der Waals surface area contributed by atoms with Crippen molar-refractivity contribution in [2.45, 2.75) is 9.79 Å². The largest absolute Gasteiger partial charge is 0.218 e. The van der Waals surface area contributed by atoms with Crippen LogP contribution < -0.4 is 0 Å². The maximum atomic E-state index is 13.2. The Morgan fingerprint density at radius 1 is 0.390 bits per heavy atom. The molecule has 0 aliphatic carbocycles. The Hall–Kier alpha value is -5.20. The van der Waals surface area contributed by atoms with Gasteiger partial charge in [0.15, 0.2) is 17.5 Å². The molecule has 0 N–H and O–H groups in total. The molecule has 0 saturated heterocycles. The molecule has 0 bridgehead atoms. The van der Waals surface area contributed by atoms with Crippen LogP contribution in [0.15, 0.2) is 137 Å². The fraction of sp³-hybridized carbons (Fsp3) is 0. The predicted molar refractivity (Wildman–Crippen MR) is 162 cm³/mol. The first kappa shape index (κ1) is 23.7. The van der Waals surface area contributed by atoms with E-state index >= 15 is 0 Å². The third kappa shape index (κ3) is 3.84. The maximum Gasteiger partial charge on any atom is 0.207 e. The van der Waals surface area contributed by atoms with Gasteiger partial charge in [0.05, 0.1) is 9.79 Å². The van der Waals surface area contributed by atoms with E-state index in [1.165, 1.54) is 0 Å². The molecule has 1 aliphatic rings. The first-order chi connectivity index (χ1) is 20.0. The molecule has 0 unspecified atom stereocenters. The minimum Gasteiger partial charge on any atom is -0.218 e. The molecule has 8 rings (SSSR count). The zero-order valence-electron chi connectivity index (χ0n) is 21.7. The van der Waals surface area contributed by atoms with Gasteiger partial charge in [0.2, 0.25) is 9.84 Å². The molecule has 1 aromatic heterocycles. The Morgan fingerprint density at radius 3 is 1.41 bits per heavy atom. The molecule has 0 spiro atoms. The van der Waals surface area contributed by atoms with Crippen LogP contribution in [0.4, 0.5) is 0 Å². The van der Waals surface area contributed by atoms with Gasteiger partial charge in [-0.05, 0) is 57.9 Å². The summed E-state index contributed by atoms with van der Waals surface area (Å²) in [6, 6.07) is 41.2. The van der Waals surface area contributed by atoms with Gasteiger partial charge in [-0.25, -0.2) is 23.4 Å². The van der Waals surface area contributed by atoms with Gasteiger partial charge in [-0.3, -0.25) is 0 Å². The lowest BCUT2D eigenvalue weighted by molar-refractivity contribution is 0.598. The number of aromatic nitrogens is 3. The molecule has 5 nitrogen and oxygen atoms in total. The molecule has 0 radical (unpaired) electrons. The average molecular weight is 548 g/mol. The third-order valence-electron chi connectivity index (χ3n) is 7.64. The molecule has 194 valence electrons. The number of rotatable bonds is 3. The monoisotopic (exact) mass is 547 g/mol. The van der Waals surface area contributed by atoms with E-state index in [4.69, 9.17) is 15.0 Å². The van der Waals surface area contributed by atoms with E-state index in [1.807, 2.05) is 54.6 Å². The van der Waals surface area contributed by atoms with Gasteiger partial charge < -0.3 is 0 Å². The number of benzene rings is 6. The Bertz CT molecular complexity index is 2200. The van der Waals surface area contributed by atoms with Gasteiger partial charge in [0.1, 0.15) is 0 Å². The van der Waals surface area contributed by atoms with E-state index in [0.717, 1.165) is 38.2 Å². The van der Waals surface area contributed by atoms with E-state index in [0.29, 0.717) is 38.4 Å². The van der Waals surface area contributed by atoms with Crippen molar-refractivity contribution >= 4 is 31.4 Å². The highest BCUT2D eigenvalue weighted by molar-refractivity contribution is 7.92. The fourth-order valence-electron chi connectivity index (χ4n) is 5.58. The van der Waals surface area contributed by atoms with Crippen molar-refractivity contribution in [3.05, 3.63) is 127 Å². The lowest BCUT2D eigenvalue weighted by Gasteiger charge is -2.10. The van der Waals surface area contributed by atoms with Crippen molar-refractivity contribution in [3.8, 4) is 45.3 Å². The lowest BCUT2D eigenvalue weighted by Crippen LogP contribution is -2.01. The molecular weight excluding hydrogens is 526 g/mol. The quantitative estimate of drug-likeness (QED) is 0.224. The zero-order valence-corrected chi connectivity index (χ0v) is 22.5. The summed E-state index contributed by atoms with van der Waals surface area (Å²) in [5.74, 6) is 1.59. The summed E-state index contributed by atoms with van der Waals surface area (Å²) in [4.78, 5) is 15.4. The first-order valence-corrected chi connectivity index (χ1v) is 14.8. The van der Waals surface area contributed by atoms with Crippen LogP contribution in [0.1, 0.15) is 0 Å². The molecule has 2 heterocycles. The normalized spacial score (nSPS) is 13.3. The molecule has 41 heavy (non-hydrogen) atoms. The molecule has 0 saturated carbocycles. The second-order valence-electron chi connectivity index (χ2n) is 10.1. The highest BCUT2D eigenvalue weighted by atomic mass is 32.2. The van der Waals surface area contributed by atoms with Gasteiger partial charge >= 0.3 is 0 Å². The van der Waals surface area contributed by atoms with Gasteiger partial charge in [0.25, 0.3) is 0 Å². The van der Waals surface area contributed by atoms with Crippen LogP contribution >= 0.6 is 0 Å².